The average Bonchev–Trinajstić information content (AvgIpc) is 1.89. The van der Waals surface area contributed by atoms with Crippen LogP contribution < -0.4 is 5.32 Å². The molecule has 0 aliphatic heterocycles. The number of aliphatic hydroxyl groups excluding tert-OH is 1. The van der Waals surface area contributed by atoms with E-state index in [9.17, 15) is 4.79 Å². The van der Waals surface area contributed by atoms with Crippen molar-refractivity contribution in [2.75, 3.05) is 13.2 Å². The van der Waals surface area contributed by atoms with E-state index < -0.39 is 0 Å². The fourth-order valence-electron chi connectivity index (χ4n) is 0.462. The second-order valence-corrected chi connectivity index (χ2v) is 1.81. The molecule has 56 valence electrons. The van der Waals surface area contributed by atoms with Gasteiger partial charge >= 0.3 is 0 Å². The van der Waals surface area contributed by atoms with Crippen LogP contribution in [0.5, 0.6) is 0 Å². The minimum atomic E-state index is -0.157. The van der Waals surface area contributed by atoms with Gasteiger partial charge < -0.3 is 10.4 Å². The van der Waals surface area contributed by atoms with Crippen LogP contribution in [0, 0.1) is 12.3 Å². The average molecular weight is 141 g/mol. The molecule has 0 fully saturated rings. The number of hydrogen-bond donors (Lipinski definition) is 2. The second-order valence-electron chi connectivity index (χ2n) is 1.81. The van der Waals surface area contributed by atoms with Gasteiger partial charge in [0, 0.05) is 13.2 Å². The summed E-state index contributed by atoms with van der Waals surface area (Å²) in [7, 11) is 0. The van der Waals surface area contributed by atoms with Crippen molar-refractivity contribution in [3.8, 4) is 12.3 Å². The van der Waals surface area contributed by atoms with Gasteiger partial charge in [-0.25, -0.2) is 0 Å². The predicted octanol–water partition coefficient (Wildman–Crippen LogP) is -0.492. The number of rotatable bonds is 4. The molecule has 0 aromatic heterocycles. The van der Waals surface area contributed by atoms with Gasteiger partial charge in [-0.15, -0.1) is 6.42 Å². The molecule has 0 heterocycles. The Balaban J connectivity index is 3.15. The van der Waals surface area contributed by atoms with E-state index in [0.717, 1.165) is 0 Å². The van der Waals surface area contributed by atoms with Gasteiger partial charge in [0.1, 0.15) is 0 Å². The van der Waals surface area contributed by atoms with Crippen LogP contribution in [0.4, 0.5) is 0 Å². The number of hydrogen-bond acceptors (Lipinski definition) is 2. The molecule has 0 aromatic carbocycles. The molecule has 0 saturated carbocycles. The fraction of sp³-hybridized carbons (Fsp3) is 0.571. The zero-order valence-corrected chi connectivity index (χ0v) is 5.76. The van der Waals surface area contributed by atoms with Gasteiger partial charge in [-0.05, 0) is 6.42 Å². The Kier molecular flexibility index (Phi) is 5.50. The van der Waals surface area contributed by atoms with Crippen LogP contribution in [-0.4, -0.2) is 24.2 Å². The van der Waals surface area contributed by atoms with E-state index in [1.54, 1.807) is 0 Å². The first-order chi connectivity index (χ1) is 4.81. The second kappa shape index (κ2) is 6.12. The maximum atomic E-state index is 10.6. The zero-order chi connectivity index (χ0) is 7.82. The van der Waals surface area contributed by atoms with Gasteiger partial charge in [0.2, 0.25) is 5.91 Å². The first kappa shape index (κ1) is 8.99. The molecule has 2 N–H and O–H groups in total. The number of aliphatic hydroxyl groups is 1. The Morgan fingerprint density at radius 1 is 1.70 bits per heavy atom. The Bertz CT molecular complexity index is 137. The smallest absolute Gasteiger partial charge is 0.232 e. The zero-order valence-electron chi connectivity index (χ0n) is 5.76. The number of terminal acetylenes is 1. The van der Waals surface area contributed by atoms with Crippen molar-refractivity contribution >= 4 is 5.91 Å². The van der Waals surface area contributed by atoms with Crippen LogP contribution in [0.2, 0.25) is 0 Å². The predicted molar refractivity (Wildman–Crippen MR) is 38.2 cm³/mol. The van der Waals surface area contributed by atoms with Gasteiger partial charge in [0.15, 0.2) is 0 Å². The number of nitrogens with one attached hydrogen (secondary N) is 1. The van der Waals surface area contributed by atoms with Gasteiger partial charge in [-0.2, -0.15) is 0 Å². The maximum Gasteiger partial charge on any atom is 0.232 e. The monoisotopic (exact) mass is 141 g/mol. The molecule has 3 heteroatoms. The van der Waals surface area contributed by atoms with Crippen LogP contribution >= 0.6 is 0 Å². The number of carbonyl (C=O) groups excluding carboxylic acids is 1. The highest BCUT2D eigenvalue weighted by Crippen LogP contribution is 1.76. The van der Waals surface area contributed by atoms with E-state index in [0.29, 0.717) is 13.0 Å². The lowest BCUT2D eigenvalue weighted by molar-refractivity contribution is -0.120. The molecule has 0 aliphatic carbocycles. The highest BCUT2D eigenvalue weighted by atomic mass is 16.3. The Hall–Kier alpha value is -1.01. The summed E-state index contributed by atoms with van der Waals surface area (Å²) < 4.78 is 0. The summed E-state index contributed by atoms with van der Waals surface area (Å²) in [6.45, 7) is 0.591. The summed E-state index contributed by atoms with van der Waals surface area (Å²) in [4.78, 5) is 10.6. The molecule has 10 heavy (non-hydrogen) atoms. The van der Waals surface area contributed by atoms with Crippen LogP contribution in [0.3, 0.4) is 0 Å². The minimum Gasteiger partial charge on any atom is -0.396 e. The molecular weight excluding hydrogens is 130 g/mol. The van der Waals surface area contributed by atoms with E-state index in [4.69, 9.17) is 11.5 Å². The lowest BCUT2D eigenvalue weighted by Crippen LogP contribution is -2.24. The topological polar surface area (TPSA) is 49.3 Å². The third-order valence-corrected chi connectivity index (χ3v) is 0.920. The van der Waals surface area contributed by atoms with Crippen molar-refractivity contribution in [1.29, 1.82) is 0 Å². The molecule has 3 nitrogen and oxygen atoms in total. The van der Waals surface area contributed by atoms with E-state index in [1.165, 1.54) is 0 Å². The summed E-state index contributed by atoms with van der Waals surface area (Å²) in [5, 5.41) is 10.9. The first-order valence-electron chi connectivity index (χ1n) is 3.12. The van der Waals surface area contributed by atoms with Gasteiger partial charge in [-0.1, -0.05) is 5.92 Å². The standard InChI is InChI=1S/C7H11NO2/c1-2-4-7(10)8-5-3-6-9/h1,9H,3-6H2,(H,8,10). The van der Waals surface area contributed by atoms with Crippen LogP contribution in [-0.2, 0) is 4.79 Å². The van der Waals surface area contributed by atoms with Crippen LogP contribution in [0.15, 0.2) is 0 Å². The van der Waals surface area contributed by atoms with Crippen molar-refractivity contribution in [1.82, 2.24) is 5.32 Å². The lowest BCUT2D eigenvalue weighted by Gasteiger charge is -1.98. The summed E-state index contributed by atoms with van der Waals surface area (Å²) in [6.07, 6.45) is 5.57. The molecule has 0 aliphatic rings. The summed E-state index contributed by atoms with van der Waals surface area (Å²) in [5.74, 6) is 2.06. The maximum absolute atomic E-state index is 10.6. The largest absolute Gasteiger partial charge is 0.396 e. The lowest BCUT2D eigenvalue weighted by atomic mass is 10.4. The molecule has 0 radical (unpaired) electrons. The Labute approximate surface area is 60.4 Å². The summed E-state index contributed by atoms with van der Waals surface area (Å²) in [5.41, 5.74) is 0. The third kappa shape index (κ3) is 5.13. The molecule has 1 amide bonds. The Morgan fingerprint density at radius 2 is 2.40 bits per heavy atom. The van der Waals surface area contributed by atoms with Gasteiger partial charge in [-0.3, -0.25) is 4.79 Å². The number of amides is 1. The van der Waals surface area contributed by atoms with E-state index in [-0.39, 0.29) is 18.9 Å². The van der Waals surface area contributed by atoms with Crippen molar-refractivity contribution in [2.45, 2.75) is 12.8 Å². The SMILES string of the molecule is C#CCC(=O)NCCCO. The van der Waals surface area contributed by atoms with Crippen molar-refractivity contribution in [2.24, 2.45) is 0 Å². The number of carbonyl (C=O) groups is 1. The molecule has 0 saturated heterocycles. The highest BCUT2D eigenvalue weighted by molar-refractivity contribution is 5.78. The quantitative estimate of drug-likeness (QED) is 0.410. The van der Waals surface area contributed by atoms with E-state index in [1.807, 2.05) is 0 Å². The molecule has 0 bridgehead atoms. The molecule has 0 aromatic rings. The fourth-order valence-corrected chi connectivity index (χ4v) is 0.462. The van der Waals surface area contributed by atoms with E-state index >= 15 is 0 Å². The summed E-state index contributed by atoms with van der Waals surface area (Å²) in [6, 6.07) is 0. The first-order valence-corrected chi connectivity index (χ1v) is 3.12. The van der Waals surface area contributed by atoms with Crippen molar-refractivity contribution in [3.63, 3.8) is 0 Å². The molecule has 0 spiro atoms. The van der Waals surface area contributed by atoms with Gasteiger partial charge in [0.05, 0.1) is 6.42 Å². The third-order valence-electron chi connectivity index (χ3n) is 0.920. The van der Waals surface area contributed by atoms with Gasteiger partial charge in [0.25, 0.3) is 0 Å². The minimum absolute atomic E-state index is 0.0936. The van der Waals surface area contributed by atoms with Crippen molar-refractivity contribution in [3.05, 3.63) is 0 Å². The molecular formula is C7H11NO2. The molecule has 0 rings (SSSR count). The van der Waals surface area contributed by atoms with Crippen LogP contribution in [0.1, 0.15) is 12.8 Å². The Morgan fingerprint density at radius 3 is 2.90 bits per heavy atom. The highest BCUT2D eigenvalue weighted by Gasteiger charge is 1.94. The molecule has 0 atom stereocenters. The normalized spacial score (nSPS) is 8.40. The van der Waals surface area contributed by atoms with Crippen LogP contribution in [0.25, 0.3) is 0 Å². The van der Waals surface area contributed by atoms with E-state index in [2.05, 4.69) is 11.2 Å². The summed E-state index contributed by atoms with van der Waals surface area (Å²) >= 11 is 0. The van der Waals surface area contributed by atoms with Crippen molar-refractivity contribution < 1.29 is 9.90 Å². The molecule has 0 unspecified atom stereocenters.